The molecule has 0 aliphatic carbocycles. The van der Waals surface area contributed by atoms with Crippen LogP contribution in [0.25, 0.3) is 0 Å². The average molecular weight is 114 g/mol. The Bertz CT molecular complexity index is 66.8. The van der Waals surface area contributed by atoms with E-state index in [2.05, 4.69) is 6.92 Å². The highest BCUT2D eigenvalue weighted by Crippen LogP contribution is 1.95. The second kappa shape index (κ2) is 4.85. The van der Waals surface area contributed by atoms with Crippen molar-refractivity contribution in [2.75, 3.05) is 0 Å². The van der Waals surface area contributed by atoms with Crippen LogP contribution in [0, 0.1) is 0 Å². The van der Waals surface area contributed by atoms with E-state index in [1.165, 1.54) is 0 Å². The zero-order valence-electron chi connectivity index (χ0n) is 5.59. The second-order valence-corrected chi connectivity index (χ2v) is 1.88. The topological polar surface area (TPSA) is 20.2 Å². The van der Waals surface area contributed by atoms with Crippen molar-refractivity contribution >= 4 is 0 Å². The molecule has 0 aromatic rings. The maximum Gasteiger partial charge on any atom is 0.0720 e. The lowest BCUT2D eigenvalue weighted by Crippen LogP contribution is -1.99. The van der Waals surface area contributed by atoms with Crippen molar-refractivity contribution in [1.29, 1.82) is 0 Å². The lowest BCUT2D eigenvalue weighted by Gasteiger charge is -1.99. The molecule has 0 amide bonds. The second-order valence-electron chi connectivity index (χ2n) is 1.88. The van der Waals surface area contributed by atoms with Crippen molar-refractivity contribution < 1.29 is 5.11 Å². The number of aliphatic hydroxyl groups excluding tert-OH is 1. The Morgan fingerprint density at radius 1 is 1.62 bits per heavy atom. The molecule has 0 aromatic carbocycles. The summed E-state index contributed by atoms with van der Waals surface area (Å²) < 4.78 is 0. The minimum absolute atomic E-state index is 0.218. The molecule has 0 saturated heterocycles. The molecule has 1 unspecified atom stereocenters. The van der Waals surface area contributed by atoms with Crippen LogP contribution >= 0.6 is 0 Å². The Morgan fingerprint density at radius 2 is 2.25 bits per heavy atom. The van der Waals surface area contributed by atoms with Gasteiger partial charge in [0.05, 0.1) is 6.10 Å². The van der Waals surface area contributed by atoms with Gasteiger partial charge in [-0.1, -0.05) is 25.5 Å². The number of rotatable bonds is 3. The van der Waals surface area contributed by atoms with E-state index in [1.807, 2.05) is 19.1 Å². The lowest BCUT2D eigenvalue weighted by molar-refractivity contribution is 0.211. The molecule has 0 radical (unpaired) electrons. The number of hydrogen-bond donors (Lipinski definition) is 1. The first-order chi connectivity index (χ1) is 3.81. The fourth-order valence-corrected chi connectivity index (χ4v) is 0.614. The van der Waals surface area contributed by atoms with Gasteiger partial charge in [-0.25, -0.2) is 0 Å². The van der Waals surface area contributed by atoms with Gasteiger partial charge in [0.2, 0.25) is 0 Å². The third-order valence-electron chi connectivity index (χ3n) is 0.999. The number of aliphatic hydroxyl groups is 1. The van der Waals surface area contributed by atoms with Crippen LogP contribution in [-0.4, -0.2) is 11.2 Å². The Morgan fingerprint density at radius 3 is 2.62 bits per heavy atom. The Labute approximate surface area is 51.0 Å². The predicted octanol–water partition coefficient (Wildman–Crippen LogP) is 1.72. The minimum Gasteiger partial charge on any atom is -0.389 e. The van der Waals surface area contributed by atoms with Gasteiger partial charge in [0.25, 0.3) is 0 Å². The lowest BCUT2D eigenvalue weighted by atomic mass is 10.2. The molecule has 0 fully saturated rings. The summed E-state index contributed by atoms with van der Waals surface area (Å²) in [5.41, 5.74) is 0. The molecular formula is C7H14O. The monoisotopic (exact) mass is 114 g/mol. The number of allylic oxidation sites excluding steroid dienone is 1. The molecule has 1 atom stereocenters. The van der Waals surface area contributed by atoms with Gasteiger partial charge in [-0.3, -0.25) is 0 Å². The molecule has 1 heteroatoms. The molecule has 0 bridgehead atoms. The van der Waals surface area contributed by atoms with Crippen LogP contribution in [0.15, 0.2) is 12.2 Å². The molecule has 0 aliphatic heterocycles. The first-order valence-corrected chi connectivity index (χ1v) is 3.12. The normalized spacial score (nSPS) is 14.9. The molecule has 0 aliphatic rings. The van der Waals surface area contributed by atoms with Crippen LogP contribution in [0.4, 0.5) is 0 Å². The third-order valence-corrected chi connectivity index (χ3v) is 0.999. The highest BCUT2D eigenvalue weighted by Gasteiger charge is 1.92. The molecule has 48 valence electrons. The Kier molecular flexibility index (Phi) is 4.67. The van der Waals surface area contributed by atoms with Crippen molar-refractivity contribution in [3.63, 3.8) is 0 Å². The standard InChI is InChI=1S/C7H14O/c1-3-5-7(8)6-4-2/h3,5,7-8H,4,6H2,1-2H3/b5-3-. The summed E-state index contributed by atoms with van der Waals surface area (Å²) in [6, 6.07) is 0. The van der Waals surface area contributed by atoms with Crippen molar-refractivity contribution in [2.45, 2.75) is 32.8 Å². The molecule has 0 rings (SSSR count). The van der Waals surface area contributed by atoms with Gasteiger partial charge < -0.3 is 5.11 Å². The smallest absolute Gasteiger partial charge is 0.0720 e. The van der Waals surface area contributed by atoms with Crippen molar-refractivity contribution in [1.82, 2.24) is 0 Å². The van der Waals surface area contributed by atoms with Crippen LogP contribution in [-0.2, 0) is 0 Å². The Balaban J connectivity index is 3.17. The van der Waals surface area contributed by atoms with Crippen molar-refractivity contribution in [3.05, 3.63) is 12.2 Å². The quantitative estimate of drug-likeness (QED) is 0.554. The highest BCUT2D eigenvalue weighted by atomic mass is 16.3. The SMILES string of the molecule is C/C=C\C(O)CCC. The first-order valence-electron chi connectivity index (χ1n) is 3.12. The third kappa shape index (κ3) is 3.88. The van der Waals surface area contributed by atoms with E-state index in [0.29, 0.717) is 0 Å². The molecule has 1 nitrogen and oxygen atoms in total. The average Bonchev–Trinajstić information content (AvgIpc) is 1.68. The molecular weight excluding hydrogens is 100 g/mol. The summed E-state index contributed by atoms with van der Waals surface area (Å²) in [5.74, 6) is 0. The maximum absolute atomic E-state index is 8.96. The van der Waals surface area contributed by atoms with Crippen LogP contribution in [0.2, 0.25) is 0 Å². The van der Waals surface area contributed by atoms with Gasteiger partial charge in [-0.15, -0.1) is 0 Å². The van der Waals surface area contributed by atoms with Crippen molar-refractivity contribution in [2.24, 2.45) is 0 Å². The summed E-state index contributed by atoms with van der Waals surface area (Å²) >= 11 is 0. The molecule has 0 aromatic heterocycles. The van der Waals surface area contributed by atoms with E-state index in [9.17, 15) is 0 Å². The summed E-state index contributed by atoms with van der Waals surface area (Å²) in [5, 5.41) is 8.96. The van der Waals surface area contributed by atoms with Crippen LogP contribution in [0.1, 0.15) is 26.7 Å². The summed E-state index contributed by atoms with van der Waals surface area (Å²) in [6.07, 6.45) is 5.39. The van der Waals surface area contributed by atoms with E-state index < -0.39 is 0 Å². The summed E-state index contributed by atoms with van der Waals surface area (Å²) in [7, 11) is 0. The largest absolute Gasteiger partial charge is 0.389 e. The fraction of sp³-hybridized carbons (Fsp3) is 0.714. The van der Waals surface area contributed by atoms with Gasteiger partial charge in [-0.05, 0) is 13.3 Å². The fourth-order valence-electron chi connectivity index (χ4n) is 0.614. The van der Waals surface area contributed by atoms with Crippen molar-refractivity contribution in [3.8, 4) is 0 Å². The molecule has 1 N–H and O–H groups in total. The van der Waals surface area contributed by atoms with E-state index in [0.717, 1.165) is 12.8 Å². The molecule has 0 spiro atoms. The van der Waals surface area contributed by atoms with E-state index in [1.54, 1.807) is 0 Å². The summed E-state index contributed by atoms with van der Waals surface area (Å²) in [4.78, 5) is 0. The predicted molar refractivity (Wildman–Crippen MR) is 35.7 cm³/mol. The zero-order chi connectivity index (χ0) is 6.41. The van der Waals surface area contributed by atoms with E-state index in [4.69, 9.17) is 5.11 Å². The zero-order valence-corrected chi connectivity index (χ0v) is 5.59. The molecule has 0 saturated carbocycles. The van der Waals surface area contributed by atoms with Crippen LogP contribution in [0.5, 0.6) is 0 Å². The summed E-state index contributed by atoms with van der Waals surface area (Å²) in [6.45, 7) is 3.98. The van der Waals surface area contributed by atoms with Gasteiger partial charge in [0.1, 0.15) is 0 Å². The van der Waals surface area contributed by atoms with E-state index in [-0.39, 0.29) is 6.10 Å². The van der Waals surface area contributed by atoms with Gasteiger partial charge >= 0.3 is 0 Å². The maximum atomic E-state index is 8.96. The van der Waals surface area contributed by atoms with Gasteiger partial charge in [0.15, 0.2) is 0 Å². The van der Waals surface area contributed by atoms with Gasteiger partial charge in [0, 0.05) is 0 Å². The molecule has 0 heterocycles. The first kappa shape index (κ1) is 7.70. The minimum atomic E-state index is -0.218. The highest BCUT2D eigenvalue weighted by molar-refractivity contribution is 4.84. The number of hydrogen-bond acceptors (Lipinski definition) is 1. The van der Waals surface area contributed by atoms with Crippen LogP contribution in [0.3, 0.4) is 0 Å². The van der Waals surface area contributed by atoms with Crippen LogP contribution < -0.4 is 0 Å². The van der Waals surface area contributed by atoms with Gasteiger partial charge in [-0.2, -0.15) is 0 Å². The Hall–Kier alpha value is -0.300. The van der Waals surface area contributed by atoms with E-state index >= 15 is 0 Å². The molecule has 8 heavy (non-hydrogen) atoms.